The van der Waals surface area contributed by atoms with E-state index in [4.69, 9.17) is 0 Å². The van der Waals surface area contributed by atoms with E-state index < -0.39 is 0 Å². The number of aromatic nitrogens is 3. The Kier molecular flexibility index (Phi) is 7.43. The van der Waals surface area contributed by atoms with Crippen molar-refractivity contribution >= 4 is 29.6 Å². The zero-order valence-corrected chi connectivity index (χ0v) is 13.9. The van der Waals surface area contributed by atoms with Crippen LogP contribution in [0.25, 0.3) is 0 Å². The van der Waals surface area contributed by atoms with Gasteiger partial charge in [-0.3, -0.25) is 0 Å². The van der Waals surface area contributed by atoms with Crippen LogP contribution >= 0.6 is 11.8 Å². The summed E-state index contributed by atoms with van der Waals surface area (Å²) in [6, 6.07) is 0. The quantitative estimate of drug-likeness (QED) is 0.725. The lowest BCUT2D eigenvalue weighted by Crippen LogP contribution is -2.26. The second kappa shape index (κ2) is 8.84. The summed E-state index contributed by atoms with van der Waals surface area (Å²) in [5.41, 5.74) is 0. The Morgan fingerprint density at radius 1 is 1.05 bits per heavy atom. The van der Waals surface area contributed by atoms with Crippen LogP contribution in [0.3, 0.4) is 0 Å². The first-order valence-corrected chi connectivity index (χ1v) is 8.44. The zero-order chi connectivity index (χ0) is 15.0. The molecule has 0 fully saturated rings. The Bertz CT molecular complexity index is 396. The van der Waals surface area contributed by atoms with Gasteiger partial charge in [-0.25, -0.2) is 0 Å². The minimum atomic E-state index is 0.520. The van der Waals surface area contributed by atoms with Gasteiger partial charge in [0.25, 0.3) is 0 Å². The van der Waals surface area contributed by atoms with Gasteiger partial charge < -0.3 is 15.5 Å². The predicted octanol–water partition coefficient (Wildman–Crippen LogP) is 2.31. The lowest BCUT2D eigenvalue weighted by molar-refractivity contribution is 0.810. The molecule has 0 saturated carbocycles. The topological polar surface area (TPSA) is 66.0 Å². The lowest BCUT2D eigenvalue weighted by atomic mass is 10.5. The fourth-order valence-electron chi connectivity index (χ4n) is 1.65. The van der Waals surface area contributed by atoms with E-state index in [1.165, 1.54) is 0 Å². The fourth-order valence-corrected chi connectivity index (χ4v) is 1.90. The Balaban J connectivity index is 2.91. The molecule has 7 heteroatoms. The number of hydrogen-bond acceptors (Lipinski definition) is 7. The van der Waals surface area contributed by atoms with Crippen molar-refractivity contribution in [2.45, 2.75) is 32.9 Å². The van der Waals surface area contributed by atoms with Crippen LogP contribution in [0.15, 0.2) is 0 Å². The number of nitrogens with zero attached hydrogens (tertiary/aromatic N) is 4. The maximum Gasteiger partial charge on any atom is 0.231 e. The van der Waals surface area contributed by atoms with Crippen molar-refractivity contribution in [1.82, 2.24) is 15.0 Å². The number of rotatable bonds is 9. The van der Waals surface area contributed by atoms with Crippen molar-refractivity contribution in [2.75, 3.05) is 48.0 Å². The highest BCUT2D eigenvalue weighted by atomic mass is 32.2. The minimum absolute atomic E-state index is 0.520. The lowest BCUT2D eigenvalue weighted by Gasteiger charge is -2.20. The molecule has 0 saturated heterocycles. The van der Waals surface area contributed by atoms with Gasteiger partial charge in [0.15, 0.2) is 0 Å². The molecule has 1 aromatic rings. The molecule has 1 heterocycles. The van der Waals surface area contributed by atoms with Crippen molar-refractivity contribution in [3.8, 4) is 0 Å². The van der Waals surface area contributed by atoms with Crippen molar-refractivity contribution in [3.63, 3.8) is 0 Å². The molecule has 1 unspecified atom stereocenters. The van der Waals surface area contributed by atoms with Crippen molar-refractivity contribution in [3.05, 3.63) is 0 Å². The Morgan fingerprint density at radius 3 is 2.15 bits per heavy atom. The fraction of sp³-hybridized carbons (Fsp3) is 0.769. The Hall–Kier alpha value is -1.24. The highest BCUT2D eigenvalue weighted by molar-refractivity contribution is 7.99. The molecule has 0 aliphatic heterocycles. The second-order valence-corrected chi connectivity index (χ2v) is 5.69. The SMILES string of the molecule is CCNc1nc(NCC(C)SC)nc(N(CC)CC)n1. The molecule has 0 aromatic carbocycles. The van der Waals surface area contributed by atoms with Crippen molar-refractivity contribution < 1.29 is 0 Å². The van der Waals surface area contributed by atoms with E-state index in [9.17, 15) is 0 Å². The third kappa shape index (κ3) is 5.03. The largest absolute Gasteiger partial charge is 0.354 e. The van der Waals surface area contributed by atoms with Gasteiger partial charge in [0.1, 0.15) is 0 Å². The Morgan fingerprint density at radius 2 is 1.65 bits per heavy atom. The van der Waals surface area contributed by atoms with Crippen LogP contribution in [0.4, 0.5) is 17.8 Å². The van der Waals surface area contributed by atoms with Gasteiger partial charge in [-0.15, -0.1) is 0 Å². The summed E-state index contributed by atoms with van der Waals surface area (Å²) in [4.78, 5) is 15.5. The van der Waals surface area contributed by atoms with Crippen LogP contribution in [-0.2, 0) is 0 Å². The van der Waals surface area contributed by atoms with Crippen LogP contribution in [0, 0.1) is 0 Å². The van der Waals surface area contributed by atoms with Gasteiger partial charge in [0, 0.05) is 31.4 Å². The zero-order valence-electron chi connectivity index (χ0n) is 13.1. The second-order valence-electron chi connectivity index (χ2n) is 4.41. The first-order valence-electron chi connectivity index (χ1n) is 7.16. The summed E-state index contributed by atoms with van der Waals surface area (Å²) in [6.07, 6.45) is 2.10. The van der Waals surface area contributed by atoms with Crippen molar-refractivity contribution in [2.24, 2.45) is 0 Å². The molecule has 0 spiro atoms. The monoisotopic (exact) mass is 298 g/mol. The molecule has 1 aromatic heterocycles. The predicted molar refractivity (Wildman–Crippen MR) is 89.0 cm³/mol. The molecular formula is C13H26N6S. The van der Waals surface area contributed by atoms with Crippen LogP contribution < -0.4 is 15.5 Å². The molecule has 20 heavy (non-hydrogen) atoms. The third-order valence-electron chi connectivity index (χ3n) is 2.95. The maximum absolute atomic E-state index is 4.51. The first-order chi connectivity index (χ1) is 9.64. The summed E-state index contributed by atoms with van der Waals surface area (Å²) in [5, 5.41) is 6.97. The number of thioether (sulfide) groups is 1. The molecule has 0 aliphatic carbocycles. The molecule has 6 nitrogen and oxygen atoms in total. The molecule has 0 amide bonds. The molecule has 114 valence electrons. The summed E-state index contributed by atoms with van der Waals surface area (Å²) < 4.78 is 0. The van der Waals surface area contributed by atoms with Gasteiger partial charge in [-0.1, -0.05) is 6.92 Å². The molecule has 1 atom stereocenters. The first kappa shape index (κ1) is 16.8. The Labute approximate surface area is 126 Å². The molecule has 0 aliphatic rings. The van der Waals surface area contributed by atoms with Gasteiger partial charge in [0.05, 0.1) is 0 Å². The average molecular weight is 298 g/mol. The summed E-state index contributed by atoms with van der Waals surface area (Å²) in [6.45, 7) is 11.8. The minimum Gasteiger partial charge on any atom is -0.354 e. The van der Waals surface area contributed by atoms with E-state index in [2.05, 4.69) is 57.5 Å². The highest BCUT2D eigenvalue weighted by Gasteiger charge is 2.11. The van der Waals surface area contributed by atoms with Gasteiger partial charge in [-0.2, -0.15) is 26.7 Å². The van der Waals surface area contributed by atoms with Gasteiger partial charge >= 0.3 is 0 Å². The van der Waals surface area contributed by atoms with E-state index in [-0.39, 0.29) is 0 Å². The number of hydrogen-bond donors (Lipinski definition) is 2. The van der Waals surface area contributed by atoms with Crippen LogP contribution in [-0.4, -0.2) is 52.6 Å². The van der Waals surface area contributed by atoms with E-state index in [0.717, 1.165) is 32.1 Å². The van der Waals surface area contributed by atoms with Gasteiger partial charge in [-0.05, 0) is 27.0 Å². The summed E-state index contributed by atoms with van der Waals surface area (Å²) in [7, 11) is 0. The molecule has 1 rings (SSSR count). The molecular weight excluding hydrogens is 272 g/mol. The number of nitrogens with one attached hydrogen (secondary N) is 2. The molecule has 2 N–H and O–H groups in total. The van der Waals surface area contributed by atoms with E-state index in [0.29, 0.717) is 17.1 Å². The average Bonchev–Trinajstić information content (AvgIpc) is 2.46. The summed E-state index contributed by atoms with van der Waals surface area (Å²) >= 11 is 1.82. The van der Waals surface area contributed by atoms with Gasteiger partial charge in [0.2, 0.25) is 17.8 Å². The summed E-state index contributed by atoms with van der Waals surface area (Å²) in [5.74, 6) is 1.99. The van der Waals surface area contributed by atoms with Crippen LogP contribution in [0.5, 0.6) is 0 Å². The van der Waals surface area contributed by atoms with E-state index in [1.807, 2.05) is 18.7 Å². The standard InChI is InChI=1S/C13H26N6S/c1-6-14-11-16-12(15-9-10(4)20-5)18-13(17-11)19(7-2)8-3/h10H,6-9H2,1-5H3,(H2,14,15,16,17,18). The maximum atomic E-state index is 4.51. The smallest absolute Gasteiger partial charge is 0.231 e. The van der Waals surface area contributed by atoms with E-state index in [1.54, 1.807) is 0 Å². The normalized spacial score (nSPS) is 12.1. The number of anilines is 3. The molecule has 0 bridgehead atoms. The molecule has 0 radical (unpaired) electrons. The highest BCUT2D eigenvalue weighted by Crippen LogP contribution is 2.14. The van der Waals surface area contributed by atoms with E-state index >= 15 is 0 Å². The van der Waals surface area contributed by atoms with Crippen molar-refractivity contribution in [1.29, 1.82) is 0 Å². The third-order valence-corrected chi connectivity index (χ3v) is 3.93. The van der Waals surface area contributed by atoms with Crippen LogP contribution in [0.1, 0.15) is 27.7 Å². The van der Waals surface area contributed by atoms with Crippen LogP contribution in [0.2, 0.25) is 0 Å².